The van der Waals surface area contributed by atoms with Crippen LogP contribution in [-0.4, -0.2) is 24.1 Å². The zero-order chi connectivity index (χ0) is 21.2. The first-order chi connectivity index (χ1) is 15.2. The fraction of sp³-hybridized carbons (Fsp3) is 0.333. The van der Waals surface area contributed by atoms with Crippen molar-refractivity contribution in [3.8, 4) is 0 Å². The second-order valence-electron chi connectivity index (χ2n) is 8.22. The lowest BCUT2D eigenvalue weighted by Crippen LogP contribution is -2.38. The average Bonchev–Trinajstić information content (AvgIpc) is 3.00. The summed E-state index contributed by atoms with van der Waals surface area (Å²) in [7, 11) is 1.76. The Morgan fingerprint density at radius 2 is 2.03 bits per heavy atom. The molecule has 1 aromatic carbocycles. The Morgan fingerprint density at radius 1 is 1.16 bits per heavy atom. The van der Waals surface area contributed by atoms with E-state index >= 15 is 0 Å². The van der Waals surface area contributed by atoms with Gasteiger partial charge in [0.15, 0.2) is 0 Å². The molecule has 1 aliphatic carbocycles. The van der Waals surface area contributed by atoms with Crippen LogP contribution in [0.5, 0.6) is 0 Å². The van der Waals surface area contributed by atoms with Gasteiger partial charge in [0, 0.05) is 42.8 Å². The van der Waals surface area contributed by atoms with E-state index in [1.807, 2.05) is 41.6 Å². The van der Waals surface area contributed by atoms with Gasteiger partial charge in [0.25, 0.3) is 0 Å². The number of methoxy groups -OCH3 is 1. The number of carbonyl (C=O) groups is 1. The van der Waals surface area contributed by atoms with Crippen LogP contribution in [0.2, 0.25) is 0 Å². The largest absolute Gasteiger partial charge is 0.381 e. The Balaban J connectivity index is 1.52. The number of anilines is 3. The van der Waals surface area contributed by atoms with Crippen LogP contribution in [0.1, 0.15) is 36.8 Å². The minimum absolute atomic E-state index is 0.0146. The number of nitrogens with zero attached hydrogens (tertiary/aromatic N) is 2. The number of aromatic nitrogens is 1. The number of fused-ring (bicyclic) bond motifs is 2. The van der Waals surface area contributed by atoms with E-state index in [4.69, 9.17) is 4.74 Å². The number of amides is 1. The lowest BCUT2D eigenvalue weighted by Gasteiger charge is -2.32. The van der Waals surface area contributed by atoms with Crippen molar-refractivity contribution in [2.75, 3.05) is 17.3 Å². The fourth-order valence-corrected chi connectivity index (χ4v) is 4.59. The summed E-state index contributed by atoms with van der Waals surface area (Å²) in [5, 5.41) is 3.45. The molecule has 0 radical (unpaired) electrons. The van der Waals surface area contributed by atoms with Gasteiger partial charge in [-0.15, -0.1) is 0 Å². The number of allylic oxidation sites excluding steroid dienone is 2. The lowest BCUT2D eigenvalue weighted by molar-refractivity contribution is -0.124. The molecule has 3 N–H and O–H groups in total. The Kier molecular flexibility index (Phi) is 5.34. The standard InChI is InChI=1S/C24H27N5O2/c1-31-20-7-4-16(5-8-20)24(30)29-15-19-3-2-11-25-23(19)28-21-9-6-17(13-22(21)29)18-10-12-26-27-14-18/h2-3,6,9-14,16,20,26-27H,4-5,7-8,15H2,1H3,(H,25,28). The van der Waals surface area contributed by atoms with Gasteiger partial charge in [-0.3, -0.25) is 4.79 Å². The molecule has 1 saturated carbocycles. The summed E-state index contributed by atoms with van der Waals surface area (Å²) in [5.74, 6) is 0.998. The summed E-state index contributed by atoms with van der Waals surface area (Å²) in [6.45, 7) is 0.504. The topological polar surface area (TPSA) is 78.5 Å². The maximum Gasteiger partial charge on any atom is 0.230 e. The van der Waals surface area contributed by atoms with Crippen LogP contribution in [0, 0.1) is 5.92 Å². The molecule has 31 heavy (non-hydrogen) atoms. The van der Waals surface area contributed by atoms with Crippen LogP contribution in [0.25, 0.3) is 5.57 Å². The third-order valence-electron chi connectivity index (χ3n) is 6.37. The molecular formula is C24H27N5O2. The highest BCUT2D eigenvalue weighted by atomic mass is 16.5. The average molecular weight is 418 g/mol. The van der Waals surface area contributed by atoms with Gasteiger partial charge in [-0.05, 0) is 55.5 Å². The van der Waals surface area contributed by atoms with Gasteiger partial charge in [-0.1, -0.05) is 12.1 Å². The first-order valence-corrected chi connectivity index (χ1v) is 10.8. The number of benzene rings is 1. The van der Waals surface area contributed by atoms with E-state index in [1.54, 1.807) is 13.3 Å². The number of hydrogen-bond donors (Lipinski definition) is 3. The van der Waals surface area contributed by atoms with Gasteiger partial charge < -0.3 is 25.8 Å². The second kappa shape index (κ2) is 8.43. The van der Waals surface area contributed by atoms with Crippen LogP contribution in [0.15, 0.2) is 55.0 Å². The van der Waals surface area contributed by atoms with E-state index in [0.717, 1.165) is 59.6 Å². The second-order valence-corrected chi connectivity index (χ2v) is 8.22. The molecule has 3 heterocycles. The van der Waals surface area contributed by atoms with Crippen molar-refractivity contribution in [1.82, 2.24) is 15.8 Å². The van der Waals surface area contributed by atoms with Crippen molar-refractivity contribution in [2.45, 2.75) is 38.3 Å². The Labute approximate surface area is 182 Å². The van der Waals surface area contributed by atoms with Crippen LogP contribution in [0.3, 0.4) is 0 Å². The monoisotopic (exact) mass is 417 g/mol. The maximum atomic E-state index is 13.7. The van der Waals surface area contributed by atoms with Crippen molar-refractivity contribution < 1.29 is 9.53 Å². The summed E-state index contributed by atoms with van der Waals surface area (Å²) in [5.41, 5.74) is 10.9. The lowest BCUT2D eigenvalue weighted by atomic mass is 9.86. The summed E-state index contributed by atoms with van der Waals surface area (Å²) in [6, 6.07) is 10.1. The van der Waals surface area contributed by atoms with E-state index < -0.39 is 0 Å². The molecule has 0 saturated heterocycles. The van der Waals surface area contributed by atoms with Gasteiger partial charge in [0.05, 0.1) is 24.0 Å². The summed E-state index contributed by atoms with van der Waals surface area (Å²) >= 11 is 0. The number of nitrogens with one attached hydrogen (secondary N) is 3. The summed E-state index contributed by atoms with van der Waals surface area (Å²) < 4.78 is 5.50. The number of rotatable bonds is 3. The molecule has 0 bridgehead atoms. The molecule has 2 aliphatic heterocycles. The molecule has 1 aromatic heterocycles. The van der Waals surface area contributed by atoms with Crippen molar-refractivity contribution in [1.29, 1.82) is 0 Å². The predicted octanol–water partition coefficient (Wildman–Crippen LogP) is 3.84. The molecule has 1 amide bonds. The minimum atomic E-state index is 0.0146. The third-order valence-corrected chi connectivity index (χ3v) is 6.37. The molecule has 2 aromatic rings. The summed E-state index contributed by atoms with van der Waals surface area (Å²) in [4.78, 5) is 20.2. The molecule has 5 rings (SSSR count). The predicted molar refractivity (Wildman–Crippen MR) is 121 cm³/mol. The number of hydrogen-bond acceptors (Lipinski definition) is 6. The number of hydrazine groups is 1. The molecule has 0 spiro atoms. The van der Waals surface area contributed by atoms with Crippen molar-refractivity contribution in [3.05, 3.63) is 66.1 Å². The number of pyridine rings is 1. The first-order valence-electron chi connectivity index (χ1n) is 10.8. The van der Waals surface area contributed by atoms with E-state index in [0.29, 0.717) is 6.54 Å². The third kappa shape index (κ3) is 3.88. The molecular weight excluding hydrogens is 390 g/mol. The molecule has 0 unspecified atom stereocenters. The van der Waals surface area contributed by atoms with E-state index in [1.165, 1.54) is 0 Å². The van der Waals surface area contributed by atoms with Gasteiger partial charge in [-0.2, -0.15) is 0 Å². The fourth-order valence-electron chi connectivity index (χ4n) is 4.59. The minimum Gasteiger partial charge on any atom is -0.381 e. The quantitative estimate of drug-likeness (QED) is 0.704. The van der Waals surface area contributed by atoms with Crippen LogP contribution >= 0.6 is 0 Å². The van der Waals surface area contributed by atoms with Crippen LogP contribution in [0.4, 0.5) is 17.2 Å². The summed E-state index contributed by atoms with van der Waals surface area (Å²) in [6.07, 6.45) is 11.4. The van der Waals surface area contributed by atoms with Gasteiger partial charge in [0.1, 0.15) is 5.82 Å². The zero-order valence-electron chi connectivity index (χ0n) is 17.6. The number of ether oxygens (including phenoxy) is 1. The maximum absolute atomic E-state index is 13.7. The normalized spacial score (nSPS) is 22.1. The van der Waals surface area contributed by atoms with Crippen LogP contribution < -0.4 is 21.1 Å². The van der Waals surface area contributed by atoms with Gasteiger partial charge >= 0.3 is 0 Å². The van der Waals surface area contributed by atoms with Crippen molar-refractivity contribution >= 4 is 28.7 Å². The first kappa shape index (κ1) is 19.6. The number of carbonyl (C=O) groups excluding carboxylic acids is 1. The van der Waals surface area contributed by atoms with Gasteiger partial charge in [0.2, 0.25) is 5.91 Å². The molecule has 7 nitrogen and oxygen atoms in total. The van der Waals surface area contributed by atoms with E-state index in [-0.39, 0.29) is 17.9 Å². The highest BCUT2D eigenvalue weighted by Gasteiger charge is 2.33. The van der Waals surface area contributed by atoms with E-state index in [9.17, 15) is 4.79 Å². The molecule has 3 aliphatic rings. The molecule has 7 heteroatoms. The van der Waals surface area contributed by atoms with Crippen molar-refractivity contribution in [2.24, 2.45) is 5.92 Å². The van der Waals surface area contributed by atoms with Gasteiger partial charge in [-0.25, -0.2) is 4.98 Å². The molecule has 0 atom stereocenters. The Hall–Kier alpha value is -3.32. The highest BCUT2D eigenvalue weighted by Crippen LogP contribution is 2.39. The molecule has 160 valence electrons. The SMILES string of the molecule is COC1CCC(C(=O)N2Cc3cccnc3Nc3ccc(C4=CNNC=C4)cc32)CC1. The Bertz CT molecular complexity index is 1040. The Morgan fingerprint density at radius 3 is 2.81 bits per heavy atom. The van der Waals surface area contributed by atoms with Crippen molar-refractivity contribution in [3.63, 3.8) is 0 Å². The zero-order valence-corrected chi connectivity index (χ0v) is 17.6. The smallest absolute Gasteiger partial charge is 0.230 e. The molecule has 1 fully saturated rings. The van der Waals surface area contributed by atoms with E-state index in [2.05, 4.69) is 33.3 Å². The van der Waals surface area contributed by atoms with Crippen LogP contribution in [-0.2, 0) is 16.1 Å². The highest BCUT2D eigenvalue weighted by molar-refractivity contribution is 6.00.